The number of nitrogens with zero attached hydrogens (tertiary/aromatic N) is 6. The normalized spacial score (nSPS) is 17.6. The Balaban J connectivity index is 2.09. The van der Waals surface area contributed by atoms with E-state index < -0.39 is 11.7 Å². The Morgan fingerprint density at radius 1 is 1.41 bits per heavy atom. The first kappa shape index (κ1) is 22.8. The number of hydrogen-bond donors (Lipinski definition) is 0. The Labute approximate surface area is 172 Å². The molecule has 2 amide bonds. The van der Waals surface area contributed by atoms with E-state index in [0.717, 1.165) is 12.1 Å². The van der Waals surface area contributed by atoms with Crippen LogP contribution in [0.2, 0.25) is 0 Å². The van der Waals surface area contributed by atoms with Crippen LogP contribution in [-0.2, 0) is 20.9 Å². The highest BCUT2D eigenvalue weighted by molar-refractivity contribution is 5.67. The lowest BCUT2D eigenvalue weighted by Crippen LogP contribution is -2.45. The van der Waals surface area contributed by atoms with Crippen LogP contribution in [-0.4, -0.2) is 87.8 Å². The van der Waals surface area contributed by atoms with Gasteiger partial charge in [-0.25, -0.2) is 14.5 Å². The number of rotatable bonds is 8. The summed E-state index contributed by atoms with van der Waals surface area (Å²) in [7, 11) is 3.63. The van der Waals surface area contributed by atoms with Crippen molar-refractivity contribution >= 4 is 18.2 Å². The molecule has 1 aromatic heterocycles. The van der Waals surface area contributed by atoms with Gasteiger partial charge in [0.2, 0.25) is 6.41 Å². The Kier molecular flexibility index (Phi) is 7.74. The quantitative estimate of drug-likeness (QED) is 0.476. The van der Waals surface area contributed by atoms with E-state index in [2.05, 4.69) is 15.2 Å². The number of amides is 2. The molecule has 2 rings (SSSR count). The van der Waals surface area contributed by atoms with Gasteiger partial charge >= 0.3 is 6.09 Å². The highest BCUT2D eigenvalue weighted by Crippen LogP contribution is 2.17. The molecule has 0 radical (unpaired) electrons. The number of hydroxylamine groups is 2. The number of hydrogen-bond acceptors (Lipinski definition) is 7. The molecule has 2 heterocycles. The average Bonchev–Trinajstić information content (AvgIpc) is 3.09. The summed E-state index contributed by atoms with van der Waals surface area (Å²) in [5, 5.41) is 9.69. The molecular formula is C19H32N6O4. The molecule has 0 aromatic carbocycles. The summed E-state index contributed by atoms with van der Waals surface area (Å²) in [6.07, 6.45) is 4.84. The molecule has 0 bridgehead atoms. The average molecular weight is 409 g/mol. The number of carbonyl (C=O) groups excluding carboxylic acids is 2. The maximum absolute atomic E-state index is 12.1. The van der Waals surface area contributed by atoms with Crippen molar-refractivity contribution in [3.8, 4) is 0 Å². The van der Waals surface area contributed by atoms with Crippen molar-refractivity contribution in [1.82, 2.24) is 29.9 Å². The van der Waals surface area contributed by atoms with E-state index in [1.807, 2.05) is 40.8 Å². The molecule has 162 valence electrons. The molecule has 0 N–H and O–H groups in total. The van der Waals surface area contributed by atoms with E-state index in [1.165, 1.54) is 9.96 Å². The molecule has 29 heavy (non-hydrogen) atoms. The summed E-state index contributed by atoms with van der Waals surface area (Å²) in [4.78, 5) is 32.6. The highest BCUT2D eigenvalue weighted by atomic mass is 16.7. The fourth-order valence-electron chi connectivity index (χ4n) is 2.85. The SMILES string of the molecule is CCCON(C=O)C1C=C(n2cc(CN(C)C(=O)OC(C)(C)C)nn2)CN(C)C1. The van der Waals surface area contributed by atoms with Crippen molar-refractivity contribution in [1.29, 1.82) is 0 Å². The first-order chi connectivity index (χ1) is 13.6. The second-order valence-corrected chi connectivity index (χ2v) is 8.21. The van der Waals surface area contributed by atoms with Gasteiger partial charge < -0.3 is 9.64 Å². The van der Waals surface area contributed by atoms with Crippen molar-refractivity contribution in [3.63, 3.8) is 0 Å². The van der Waals surface area contributed by atoms with Gasteiger partial charge in [-0.05, 0) is 40.3 Å². The molecule has 10 heteroatoms. The highest BCUT2D eigenvalue weighted by Gasteiger charge is 2.25. The molecule has 0 spiro atoms. The van der Waals surface area contributed by atoms with Crippen LogP contribution in [0.15, 0.2) is 12.3 Å². The Morgan fingerprint density at radius 3 is 2.76 bits per heavy atom. The lowest BCUT2D eigenvalue weighted by atomic mass is 10.1. The number of carbonyl (C=O) groups is 2. The van der Waals surface area contributed by atoms with E-state index in [1.54, 1.807) is 17.9 Å². The van der Waals surface area contributed by atoms with Gasteiger partial charge in [-0.3, -0.25) is 14.5 Å². The van der Waals surface area contributed by atoms with E-state index >= 15 is 0 Å². The fraction of sp³-hybridized carbons (Fsp3) is 0.684. The van der Waals surface area contributed by atoms with Crippen LogP contribution in [0.1, 0.15) is 39.8 Å². The van der Waals surface area contributed by atoms with Gasteiger partial charge in [-0.15, -0.1) is 5.10 Å². The smallest absolute Gasteiger partial charge is 0.410 e. The van der Waals surface area contributed by atoms with E-state index in [4.69, 9.17) is 9.57 Å². The van der Waals surface area contributed by atoms with Crippen LogP contribution in [0.5, 0.6) is 0 Å². The maximum Gasteiger partial charge on any atom is 0.410 e. The molecule has 1 unspecified atom stereocenters. The molecule has 1 aromatic rings. The predicted octanol–water partition coefficient (Wildman–Crippen LogP) is 1.60. The lowest BCUT2D eigenvalue weighted by Gasteiger charge is -2.33. The second kappa shape index (κ2) is 9.84. The lowest BCUT2D eigenvalue weighted by molar-refractivity contribution is -0.182. The summed E-state index contributed by atoms with van der Waals surface area (Å²) in [5.41, 5.74) is 0.965. The second-order valence-electron chi connectivity index (χ2n) is 8.21. The van der Waals surface area contributed by atoms with Crippen LogP contribution in [0.3, 0.4) is 0 Å². The van der Waals surface area contributed by atoms with Gasteiger partial charge in [0.1, 0.15) is 11.3 Å². The minimum atomic E-state index is -0.556. The third-order valence-electron chi connectivity index (χ3n) is 4.13. The zero-order valence-electron chi connectivity index (χ0n) is 18.2. The molecule has 1 aliphatic heterocycles. The van der Waals surface area contributed by atoms with Crippen LogP contribution >= 0.6 is 0 Å². The zero-order chi connectivity index (χ0) is 21.6. The summed E-state index contributed by atoms with van der Waals surface area (Å²) >= 11 is 0. The minimum Gasteiger partial charge on any atom is -0.444 e. The topological polar surface area (TPSA) is 93.0 Å². The summed E-state index contributed by atoms with van der Waals surface area (Å²) in [6.45, 7) is 9.53. The van der Waals surface area contributed by atoms with Gasteiger partial charge in [0.25, 0.3) is 0 Å². The third-order valence-corrected chi connectivity index (χ3v) is 4.13. The van der Waals surface area contributed by atoms with Gasteiger partial charge in [0, 0.05) is 20.1 Å². The molecule has 0 saturated heterocycles. The molecule has 10 nitrogen and oxygen atoms in total. The molecule has 0 fully saturated rings. The van der Waals surface area contributed by atoms with Gasteiger partial charge in [-0.1, -0.05) is 12.1 Å². The van der Waals surface area contributed by atoms with E-state index in [-0.39, 0.29) is 12.6 Å². The fourth-order valence-corrected chi connectivity index (χ4v) is 2.85. The van der Waals surface area contributed by atoms with Crippen LogP contribution in [0, 0.1) is 0 Å². The largest absolute Gasteiger partial charge is 0.444 e. The van der Waals surface area contributed by atoms with Crippen molar-refractivity contribution < 1.29 is 19.2 Å². The molecule has 0 saturated carbocycles. The molecular weight excluding hydrogens is 376 g/mol. The van der Waals surface area contributed by atoms with Crippen molar-refractivity contribution in [2.75, 3.05) is 33.8 Å². The van der Waals surface area contributed by atoms with Crippen molar-refractivity contribution in [2.24, 2.45) is 0 Å². The summed E-state index contributed by atoms with van der Waals surface area (Å²) < 4.78 is 7.03. The summed E-state index contributed by atoms with van der Waals surface area (Å²) in [6, 6.07) is -0.218. The van der Waals surface area contributed by atoms with Gasteiger partial charge in [-0.2, -0.15) is 0 Å². The van der Waals surface area contributed by atoms with E-state index in [0.29, 0.717) is 31.8 Å². The molecule has 1 atom stereocenters. The van der Waals surface area contributed by atoms with E-state index in [9.17, 15) is 9.59 Å². The standard InChI is InChI=1S/C19H32N6O4/c1-7-8-28-25(14-26)17-9-16(12-22(5)13-17)24-11-15(20-21-24)10-23(6)18(27)29-19(2,3)4/h9,11,14,17H,7-8,10,12-13H2,1-6H3. The Hall–Kier alpha value is -2.46. The monoisotopic (exact) mass is 408 g/mol. The van der Waals surface area contributed by atoms with Crippen LogP contribution in [0.4, 0.5) is 4.79 Å². The first-order valence-corrected chi connectivity index (χ1v) is 9.74. The number of aromatic nitrogens is 3. The molecule has 1 aliphatic rings. The van der Waals surface area contributed by atoms with Gasteiger partial charge in [0.05, 0.1) is 31.1 Å². The predicted molar refractivity (Wildman–Crippen MR) is 107 cm³/mol. The Morgan fingerprint density at radius 2 is 2.14 bits per heavy atom. The Bertz CT molecular complexity index is 727. The van der Waals surface area contributed by atoms with Crippen molar-refractivity contribution in [2.45, 2.75) is 52.3 Å². The molecule has 0 aliphatic carbocycles. The van der Waals surface area contributed by atoms with Gasteiger partial charge in [0.15, 0.2) is 0 Å². The maximum atomic E-state index is 12.1. The van der Waals surface area contributed by atoms with Crippen molar-refractivity contribution in [3.05, 3.63) is 18.0 Å². The zero-order valence-corrected chi connectivity index (χ0v) is 18.2. The van der Waals surface area contributed by atoms with Crippen LogP contribution < -0.4 is 0 Å². The van der Waals surface area contributed by atoms with Crippen LogP contribution in [0.25, 0.3) is 5.70 Å². The first-order valence-electron chi connectivity index (χ1n) is 9.74. The third kappa shape index (κ3) is 6.82. The number of likely N-dealkylation sites (N-methyl/N-ethyl adjacent to an activating group) is 1. The number of ether oxygens (including phenoxy) is 1. The summed E-state index contributed by atoms with van der Waals surface area (Å²) in [5.74, 6) is 0. The minimum absolute atomic E-state index is 0.218.